The van der Waals surface area contributed by atoms with E-state index in [0.29, 0.717) is 0 Å². The highest BCUT2D eigenvalue weighted by Gasteiger charge is 1.98. The van der Waals surface area contributed by atoms with Crippen molar-refractivity contribution >= 4 is 0 Å². The molecule has 15 heavy (non-hydrogen) atoms. The van der Waals surface area contributed by atoms with E-state index in [9.17, 15) is 0 Å². The Balaban J connectivity index is 1.83. The third kappa shape index (κ3) is 2.60. The average Bonchev–Trinajstić information content (AvgIpc) is 2.66. The third-order valence-corrected chi connectivity index (χ3v) is 2.17. The maximum absolute atomic E-state index is 4.12. The fourth-order valence-electron chi connectivity index (χ4n) is 1.30. The van der Waals surface area contributed by atoms with Crippen LogP contribution in [0.4, 0.5) is 0 Å². The van der Waals surface area contributed by atoms with Crippen LogP contribution >= 0.6 is 0 Å². The Morgan fingerprint density at radius 3 is 2.73 bits per heavy atom. The average molecular weight is 203 g/mol. The van der Waals surface area contributed by atoms with Gasteiger partial charge in [-0.1, -0.05) is 0 Å². The van der Waals surface area contributed by atoms with Crippen molar-refractivity contribution in [3.8, 4) is 0 Å². The number of pyridine rings is 1. The summed E-state index contributed by atoms with van der Waals surface area (Å²) in [5.41, 5.74) is 1.21. The maximum atomic E-state index is 4.12. The minimum absolute atomic E-state index is 0.721. The molecule has 0 fully saturated rings. The molecule has 0 amide bonds. The summed E-state index contributed by atoms with van der Waals surface area (Å²) in [6, 6.07) is 3.98. The van der Waals surface area contributed by atoms with Crippen LogP contribution in [0.5, 0.6) is 0 Å². The third-order valence-electron chi connectivity index (χ3n) is 2.17. The summed E-state index contributed by atoms with van der Waals surface area (Å²) >= 11 is 0. The monoisotopic (exact) mass is 203 g/mol. The normalized spacial score (nSPS) is 10.5. The van der Waals surface area contributed by atoms with Gasteiger partial charge in [-0.2, -0.15) is 5.10 Å². The molecule has 0 atom stereocenters. The van der Waals surface area contributed by atoms with Gasteiger partial charge in [-0.15, -0.1) is 0 Å². The fraction of sp³-hybridized carbons (Fsp3) is 0.300. The molecule has 2 aromatic rings. The lowest BCUT2D eigenvalue weighted by atomic mass is 10.3. The Labute approximate surface area is 88.2 Å². The molecule has 0 aliphatic heterocycles. The van der Waals surface area contributed by atoms with Crippen molar-refractivity contribution in [3.63, 3.8) is 0 Å². The molecule has 1 N–H and O–H groups in total. The van der Waals surface area contributed by atoms with E-state index in [4.69, 9.17) is 0 Å². The van der Waals surface area contributed by atoms with Crippen LogP contribution in [0, 0.1) is 0 Å². The SMILES string of the molecule is Cn1ncnc1CNCc1ccncc1. The second-order valence-corrected chi connectivity index (χ2v) is 3.26. The molecule has 0 aliphatic carbocycles. The molecule has 0 saturated carbocycles. The van der Waals surface area contributed by atoms with Gasteiger partial charge in [0, 0.05) is 26.0 Å². The van der Waals surface area contributed by atoms with Gasteiger partial charge in [-0.05, 0) is 17.7 Å². The van der Waals surface area contributed by atoms with Gasteiger partial charge in [0.1, 0.15) is 12.2 Å². The van der Waals surface area contributed by atoms with Crippen molar-refractivity contribution in [3.05, 3.63) is 42.2 Å². The Bertz CT molecular complexity index is 409. The highest BCUT2D eigenvalue weighted by atomic mass is 15.3. The molecule has 5 nitrogen and oxygen atoms in total. The highest BCUT2D eigenvalue weighted by molar-refractivity contribution is 5.09. The van der Waals surface area contributed by atoms with Gasteiger partial charge in [0.15, 0.2) is 0 Å². The molecule has 2 aromatic heterocycles. The van der Waals surface area contributed by atoms with Gasteiger partial charge in [-0.3, -0.25) is 9.67 Å². The van der Waals surface area contributed by atoms with Crippen molar-refractivity contribution in [2.45, 2.75) is 13.1 Å². The number of rotatable bonds is 4. The summed E-state index contributed by atoms with van der Waals surface area (Å²) < 4.78 is 1.76. The van der Waals surface area contributed by atoms with Crippen LogP contribution in [-0.2, 0) is 20.1 Å². The molecule has 0 bridgehead atoms. The largest absolute Gasteiger partial charge is 0.306 e. The standard InChI is InChI=1S/C10H13N5/c1-15-10(13-8-14-15)7-12-6-9-2-4-11-5-3-9/h2-5,8,12H,6-7H2,1H3. The molecule has 0 unspecified atom stereocenters. The highest BCUT2D eigenvalue weighted by Crippen LogP contribution is 1.96. The summed E-state index contributed by atoms with van der Waals surface area (Å²) in [6.07, 6.45) is 5.14. The smallest absolute Gasteiger partial charge is 0.140 e. The molecular formula is C10H13N5. The van der Waals surface area contributed by atoms with E-state index in [1.54, 1.807) is 23.4 Å². The van der Waals surface area contributed by atoms with Crippen LogP contribution in [0.3, 0.4) is 0 Å². The molecule has 0 spiro atoms. The van der Waals surface area contributed by atoms with E-state index in [1.807, 2.05) is 19.2 Å². The number of nitrogens with one attached hydrogen (secondary N) is 1. The summed E-state index contributed by atoms with van der Waals surface area (Å²) in [5.74, 6) is 0.934. The Morgan fingerprint density at radius 1 is 1.27 bits per heavy atom. The lowest BCUT2D eigenvalue weighted by Crippen LogP contribution is -2.16. The van der Waals surface area contributed by atoms with E-state index < -0.39 is 0 Å². The lowest BCUT2D eigenvalue weighted by molar-refractivity contribution is 0.614. The van der Waals surface area contributed by atoms with Gasteiger partial charge in [-0.25, -0.2) is 4.98 Å². The zero-order valence-electron chi connectivity index (χ0n) is 8.59. The molecule has 0 radical (unpaired) electrons. The number of aryl methyl sites for hydroxylation is 1. The van der Waals surface area contributed by atoms with E-state index in [-0.39, 0.29) is 0 Å². The summed E-state index contributed by atoms with van der Waals surface area (Å²) in [6.45, 7) is 1.54. The van der Waals surface area contributed by atoms with E-state index in [2.05, 4.69) is 20.4 Å². The Hall–Kier alpha value is -1.75. The first-order valence-corrected chi connectivity index (χ1v) is 4.79. The molecule has 0 saturated heterocycles. The molecule has 5 heteroatoms. The van der Waals surface area contributed by atoms with Gasteiger partial charge in [0.05, 0.1) is 6.54 Å². The van der Waals surface area contributed by atoms with Gasteiger partial charge in [0.25, 0.3) is 0 Å². The number of hydrogen-bond donors (Lipinski definition) is 1. The topological polar surface area (TPSA) is 55.6 Å². The quantitative estimate of drug-likeness (QED) is 0.786. The van der Waals surface area contributed by atoms with E-state index in [0.717, 1.165) is 18.9 Å². The Morgan fingerprint density at radius 2 is 2.07 bits per heavy atom. The number of nitrogens with zero attached hydrogens (tertiary/aromatic N) is 4. The summed E-state index contributed by atoms with van der Waals surface area (Å²) in [5, 5.41) is 7.29. The molecule has 2 heterocycles. The van der Waals surface area contributed by atoms with Crippen molar-refractivity contribution < 1.29 is 0 Å². The van der Waals surface area contributed by atoms with Crippen molar-refractivity contribution in [1.82, 2.24) is 25.1 Å². The Kier molecular flexibility index (Phi) is 3.04. The van der Waals surface area contributed by atoms with Crippen molar-refractivity contribution in [2.24, 2.45) is 7.05 Å². The first kappa shape index (κ1) is 9.79. The van der Waals surface area contributed by atoms with Gasteiger partial charge in [0.2, 0.25) is 0 Å². The predicted molar refractivity (Wildman–Crippen MR) is 55.8 cm³/mol. The van der Waals surface area contributed by atoms with Crippen LogP contribution in [-0.4, -0.2) is 19.7 Å². The van der Waals surface area contributed by atoms with E-state index in [1.165, 1.54) is 5.56 Å². The second kappa shape index (κ2) is 4.65. The van der Waals surface area contributed by atoms with Gasteiger partial charge < -0.3 is 5.32 Å². The molecule has 2 rings (SSSR count). The minimum atomic E-state index is 0.721. The number of hydrogen-bond acceptors (Lipinski definition) is 4. The van der Waals surface area contributed by atoms with Crippen molar-refractivity contribution in [1.29, 1.82) is 0 Å². The zero-order chi connectivity index (χ0) is 10.5. The number of aromatic nitrogens is 4. The second-order valence-electron chi connectivity index (χ2n) is 3.26. The predicted octanol–water partition coefficient (Wildman–Crippen LogP) is 0.500. The van der Waals surface area contributed by atoms with Crippen molar-refractivity contribution in [2.75, 3.05) is 0 Å². The lowest BCUT2D eigenvalue weighted by Gasteiger charge is -2.03. The van der Waals surface area contributed by atoms with Gasteiger partial charge >= 0.3 is 0 Å². The molecular weight excluding hydrogens is 190 g/mol. The fourth-order valence-corrected chi connectivity index (χ4v) is 1.30. The zero-order valence-corrected chi connectivity index (χ0v) is 8.59. The van der Waals surface area contributed by atoms with E-state index >= 15 is 0 Å². The molecule has 78 valence electrons. The van der Waals surface area contributed by atoms with Crippen LogP contribution in [0.15, 0.2) is 30.9 Å². The molecule has 0 aromatic carbocycles. The van der Waals surface area contributed by atoms with Crippen LogP contribution < -0.4 is 5.32 Å². The summed E-state index contributed by atoms with van der Waals surface area (Å²) in [4.78, 5) is 8.09. The first-order valence-electron chi connectivity index (χ1n) is 4.79. The first-order chi connectivity index (χ1) is 7.36. The minimum Gasteiger partial charge on any atom is -0.306 e. The maximum Gasteiger partial charge on any atom is 0.140 e. The van der Waals surface area contributed by atoms with Crippen LogP contribution in [0.1, 0.15) is 11.4 Å². The van der Waals surface area contributed by atoms with Crippen LogP contribution in [0.25, 0.3) is 0 Å². The van der Waals surface area contributed by atoms with Crippen LogP contribution in [0.2, 0.25) is 0 Å². The molecule has 0 aliphatic rings. The summed E-state index contributed by atoms with van der Waals surface area (Å²) in [7, 11) is 1.89.